The van der Waals surface area contributed by atoms with Crippen molar-refractivity contribution in [1.29, 1.82) is 0 Å². The van der Waals surface area contributed by atoms with Gasteiger partial charge in [-0.25, -0.2) is 0 Å². The zero-order valence-electron chi connectivity index (χ0n) is 8.64. The third-order valence-corrected chi connectivity index (χ3v) is 4.00. The van der Waals surface area contributed by atoms with Crippen molar-refractivity contribution < 1.29 is 17.1 Å². The molecule has 2 aliphatic carbocycles. The minimum absolute atomic E-state index is 0. The molecule has 0 aromatic heterocycles. The maximum atomic E-state index is 3.38. The summed E-state index contributed by atoms with van der Waals surface area (Å²) < 4.78 is 0.620. The van der Waals surface area contributed by atoms with E-state index in [-0.39, 0.29) is 17.1 Å². The van der Waals surface area contributed by atoms with Gasteiger partial charge in [-0.3, -0.25) is 0 Å². The van der Waals surface area contributed by atoms with Gasteiger partial charge < -0.3 is 0 Å². The largest absolute Gasteiger partial charge is 2.00 e. The zero-order valence-corrected chi connectivity index (χ0v) is 16.1. The summed E-state index contributed by atoms with van der Waals surface area (Å²) in [5.74, 6) is 2.54. The average Bonchev–Trinajstić information content (AvgIpc) is 2.93. The summed E-state index contributed by atoms with van der Waals surface area (Å²) in [5, 5.41) is 0. The number of halogens is 4. The molecule has 0 bridgehead atoms. The van der Waals surface area contributed by atoms with E-state index in [9.17, 15) is 0 Å². The molecule has 10 radical (unpaired) electrons. The topological polar surface area (TPSA) is 0 Å². The van der Waals surface area contributed by atoms with Crippen LogP contribution in [0.1, 0.15) is 0 Å². The molecule has 0 unspecified atom stereocenters. The third kappa shape index (κ3) is 8.45. The van der Waals surface area contributed by atoms with Gasteiger partial charge in [-0.15, -0.1) is 63.0 Å². The molecule has 2 rings (SSSR count). The van der Waals surface area contributed by atoms with Gasteiger partial charge in [0, 0.05) is 0 Å². The molecule has 0 N–H and O–H groups in total. The zero-order chi connectivity index (χ0) is 12.0. The van der Waals surface area contributed by atoms with Crippen LogP contribution in [0, 0.1) is 63.0 Å². The van der Waals surface area contributed by atoms with Crippen molar-refractivity contribution in [3.8, 4) is 0 Å². The second-order valence-corrected chi connectivity index (χ2v) is 9.16. The van der Waals surface area contributed by atoms with Gasteiger partial charge in [0.05, 0.1) is 0 Å². The fourth-order valence-corrected chi connectivity index (χ4v) is 2.29. The second kappa shape index (κ2) is 11.3. The first-order valence-corrected chi connectivity index (χ1v) is 8.27. The van der Waals surface area contributed by atoms with Gasteiger partial charge in [0.2, 0.25) is 0 Å². The van der Waals surface area contributed by atoms with Gasteiger partial charge in [0.15, 0.2) is 0 Å². The molecular formula is C10H8B2Br4Fe+2. The van der Waals surface area contributed by atoms with Crippen molar-refractivity contribution in [1.82, 2.24) is 0 Å². The Morgan fingerprint density at radius 2 is 0.824 bits per heavy atom. The van der Waals surface area contributed by atoms with Crippen LogP contribution >= 0.6 is 63.0 Å². The molecule has 0 aromatic carbocycles. The van der Waals surface area contributed by atoms with Crippen molar-refractivity contribution in [2.24, 2.45) is 0 Å². The fraction of sp³-hybridized carbons (Fsp3) is 0. The van der Waals surface area contributed by atoms with Gasteiger partial charge >= 0.3 is 25.8 Å². The van der Waals surface area contributed by atoms with Crippen LogP contribution in [0.4, 0.5) is 0 Å². The van der Waals surface area contributed by atoms with Gasteiger partial charge in [-0.2, -0.15) is 0 Å². The Hall–Kier alpha value is 2.57. The molecule has 0 aromatic rings. The maximum Gasteiger partial charge on any atom is 2.00 e. The summed E-state index contributed by atoms with van der Waals surface area (Å²) in [7, 11) is 0. The molecule has 0 amide bonds. The van der Waals surface area contributed by atoms with Crippen LogP contribution < -0.4 is 0 Å². The molecule has 88 valence electrons. The molecule has 2 aliphatic rings. The number of hydrogen-bond acceptors (Lipinski definition) is 0. The summed E-state index contributed by atoms with van der Waals surface area (Å²) in [6, 6.07) is 0. The van der Waals surface area contributed by atoms with E-state index < -0.39 is 0 Å². The number of rotatable bonds is 2. The van der Waals surface area contributed by atoms with Crippen molar-refractivity contribution >= 4 is 71.7 Å². The smallest absolute Gasteiger partial charge is 0.139 e. The van der Waals surface area contributed by atoms with Gasteiger partial charge in [0.1, 0.15) is 0 Å². The standard InChI is InChI=1S/2C5H4BBr2.Fe/c2*7-6(8)5-3-1-2-4-5;/h2*1-4H;/q;;+2. The van der Waals surface area contributed by atoms with Crippen LogP contribution in [0.3, 0.4) is 0 Å². The predicted molar refractivity (Wildman–Crippen MR) is 88.1 cm³/mol. The van der Waals surface area contributed by atoms with E-state index >= 15 is 0 Å². The van der Waals surface area contributed by atoms with Crippen molar-refractivity contribution in [3.05, 3.63) is 63.0 Å². The first kappa shape index (κ1) is 19.6. The van der Waals surface area contributed by atoms with Crippen LogP contribution in [-0.2, 0) is 17.1 Å². The van der Waals surface area contributed by atoms with Gasteiger partial charge in [-0.05, 0) is 63.0 Å². The van der Waals surface area contributed by atoms with Crippen LogP contribution in [0.2, 0.25) is 0 Å². The minimum Gasteiger partial charge on any atom is -0.139 e. The van der Waals surface area contributed by atoms with E-state index in [1.54, 1.807) is 0 Å². The molecule has 2 fully saturated rings. The van der Waals surface area contributed by atoms with Crippen LogP contribution in [0.5, 0.6) is 0 Å². The summed E-state index contributed by atoms with van der Waals surface area (Å²) in [6.07, 6.45) is 16.3. The molecule has 0 aliphatic heterocycles. The van der Waals surface area contributed by atoms with E-state index in [0.29, 0.717) is 8.72 Å². The minimum atomic E-state index is 0. The number of hydrogen-bond donors (Lipinski definition) is 0. The summed E-state index contributed by atoms with van der Waals surface area (Å²) >= 11 is 13.5. The van der Waals surface area contributed by atoms with Gasteiger partial charge in [-0.1, -0.05) is 0 Å². The summed E-state index contributed by atoms with van der Waals surface area (Å²) in [6.45, 7) is 0. The van der Waals surface area contributed by atoms with E-state index in [4.69, 9.17) is 0 Å². The van der Waals surface area contributed by atoms with Crippen molar-refractivity contribution in [3.63, 3.8) is 0 Å². The first-order chi connectivity index (χ1) is 7.61. The molecule has 0 heterocycles. The van der Waals surface area contributed by atoms with Crippen LogP contribution in [0.15, 0.2) is 0 Å². The normalized spacial score (nSPS) is 20.5. The Bertz CT molecular complexity index is 163. The molecule has 2 saturated carbocycles. The SMILES string of the molecule is BrB(Br)[C]1[CH][CH][CH][CH]1.BrB(Br)[C]1[CH][CH][CH][CH]1.[Fe+2]. The second-order valence-electron chi connectivity index (χ2n) is 3.04. The maximum absolute atomic E-state index is 3.38. The van der Waals surface area contributed by atoms with E-state index in [2.05, 4.69) is 88.7 Å². The third-order valence-electron chi connectivity index (χ3n) is 1.88. The van der Waals surface area contributed by atoms with E-state index in [1.807, 2.05) is 25.7 Å². The van der Waals surface area contributed by atoms with Gasteiger partial charge in [0.25, 0.3) is 0 Å². The average molecular weight is 525 g/mol. The Balaban J connectivity index is 0.000000284. The predicted octanol–water partition coefficient (Wildman–Crippen LogP) is 4.42. The molecule has 0 atom stereocenters. The monoisotopic (exact) mass is 522 g/mol. The Morgan fingerprint density at radius 3 is 0.941 bits per heavy atom. The molecule has 7 heteroatoms. The van der Waals surface area contributed by atoms with E-state index in [0.717, 1.165) is 0 Å². The van der Waals surface area contributed by atoms with Crippen LogP contribution in [-0.4, -0.2) is 8.72 Å². The molecule has 0 nitrogen and oxygen atoms in total. The summed E-state index contributed by atoms with van der Waals surface area (Å²) in [4.78, 5) is 0. The van der Waals surface area contributed by atoms with Crippen molar-refractivity contribution in [2.45, 2.75) is 0 Å². The Kier molecular flexibility index (Phi) is 13.0. The Labute approximate surface area is 150 Å². The summed E-state index contributed by atoms with van der Waals surface area (Å²) in [5.41, 5.74) is 0. The Morgan fingerprint density at radius 1 is 0.588 bits per heavy atom. The fourth-order valence-electron chi connectivity index (χ4n) is 1.07. The first-order valence-electron chi connectivity index (χ1n) is 4.60. The van der Waals surface area contributed by atoms with Crippen LogP contribution in [0.25, 0.3) is 0 Å². The molecule has 0 saturated heterocycles. The van der Waals surface area contributed by atoms with E-state index in [1.165, 1.54) is 11.6 Å². The quantitative estimate of drug-likeness (QED) is 0.469. The molecule has 17 heavy (non-hydrogen) atoms. The molecule has 0 spiro atoms. The molecular weight excluding hydrogens is 517 g/mol. The van der Waals surface area contributed by atoms with Crippen molar-refractivity contribution in [2.75, 3.05) is 0 Å².